The van der Waals surface area contributed by atoms with Crippen LogP contribution in [-0.2, 0) is 0 Å². The molecule has 0 aliphatic carbocycles. The van der Waals surface area contributed by atoms with Gasteiger partial charge >= 0.3 is 0 Å². The summed E-state index contributed by atoms with van der Waals surface area (Å²) in [4.78, 5) is 0.791. The van der Waals surface area contributed by atoms with E-state index in [2.05, 4.69) is 5.10 Å². The fourth-order valence-corrected chi connectivity index (χ4v) is 1.23. The van der Waals surface area contributed by atoms with E-state index in [0.717, 1.165) is 21.9 Å². The Labute approximate surface area is 81.3 Å². The van der Waals surface area contributed by atoms with Crippen molar-refractivity contribution >= 4 is 0 Å². The number of benzene rings is 1. The van der Waals surface area contributed by atoms with E-state index in [4.69, 9.17) is 9.94 Å². The lowest BCUT2D eigenvalue weighted by Crippen LogP contribution is -1.89. The summed E-state index contributed by atoms with van der Waals surface area (Å²) in [6, 6.07) is 9.22. The minimum Gasteiger partial charge on any atom is -0.497 e. The van der Waals surface area contributed by atoms with Crippen molar-refractivity contribution in [2.75, 3.05) is 7.11 Å². The van der Waals surface area contributed by atoms with Gasteiger partial charge in [-0.05, 0) is 30.3 Å². The van der Waals surface area contributed by atoms with Crippen LogP contribution in [0.25, 0.3) is 11.3 Å². The van der Waals surface area contributed by atoms with Crippen LogP contribution in [0.5, 0.6) is 5.75 Å². The predicted octanol–water partition coefficient (Wildman–Crippen LogP) is 1.80. The fourth-order valence-electron chi connectivity index (χ4n) is 1.23. The molecule has 1 aromatic carbocycles. The lowest BCUT2D eigenvalue weighted by molar-refractivity contribution is 0.149. The van der Waals surface area contributed by atoms with E-state index in [-0.39, 0.29) is 0 Å². The van der Waals surface area contributed by atoms with E-state index in [1.807, 2.05) is 24.3 Å². The monoisotopic (exact) mass is 190 g/mol. The Morgan fingerprint density at radius 2 is 1.93 bits per heavy atom. The molecular weight excluding hydrogens is 180 g/mol. The molecule has 0 radical (unpaired) electrons. The lowest BCUT2D eigenvalue weighted by Gasteiger charge is -1.99. The maximum absolute atomic E-state index is 9.00. The number of aromatic nitrogens is 2. The van der Waals surface area contributed by atoms with Crippen LogP contribution in [-0.4, -0.2) is 22.3 Å². The van der Waals surface area contributed by atoms with Gasteiger partial charge in [0.15, 0.2) is 0 Å². The molecule has 0 spiro atoms. The van der Waals surface area contributed by atoms with Gasteiger partial charge in [-0.3, -0.25) is 0 Å². The molecule has 72 valence electrons. The molecule has 0 aliphatic heterocycles. The van der Waals surface area contributed by atoms with Crippen LogP contribution in [0.1, 0.15) is 0 Å². The first kappa shape index (κ1) is 8.62. The number of methoxy groups -OCH3 is 1. The van der Waals surface area contributed by atoms with Crippen LogP contribution in [0, 0.1) is 0 Å². The van der Waals surface area contributed by atoms with Crippen molar-refractivity contribution in [3.05, 3.63) is 36.5 Å². The number of rotatable bonds is 2. The summed E-state index contributed by atoms with van der Waals surface area (Å²) in [7, 11) is 1.62. The zero-order valence-corrected chi connectivity index (χ0v) is 7.71. The van der Waals surface area contributed by atoms with Crippen molar-refractivity contribution in [2.24, 2.45) is 0 Å². The number of nitrogens with zero attached hydrogens (tertiary/aromatic N) is 2. The molecule has 2 rings (SSSR count). The van der Waals surface area contributed by atoms with Crippen LogP contribution in [0.2, 0.25) is 0 Å². The van der Waals surface area contributed by atoms with E-state index in [1.54, 1.807) is 13.2 Å². The molecule has 0 atom stereocenters. The summed E-state index contributed by atoms with van der Waals surface area (Å²) in [5.74, 6) is 0.803. The summed E-state index contributed by atoms with van der Waals surface area (Å²) >= 11 is 0. The molecule has 4 nitrogen and oxygen atoms in total. The molecule has 2 aromatic rings. The average molecular weight is 190 g/mol. The zero-order chi connectivity index (χ0) is 9.97. The predicted molar refractivity (Wildman–Crippen MR) is 51.4 cm³/mol. The topological polar surface area (TPSA) is 47.3 Å². The Morgan fingerprint density at radius 1 is 1.21 bits per heavy atom. The fraction of sp³-hybridized carbons (Fsp3) is 0.100. The van der Waals surface area contributed by atoms with Crippen molar-refractivity contribution in [2.45, 2.75) is 0 Å². The quantitative estimate of drug-likeness (QED) is 0.734. The van der Waals surface area contributed by atoms with Crippen LogP contribution in [0.3, 0.4) is 0 Å². The first-order valence-electron chi connectivity index (χ1n) is 4.19. The summed E-state index contributed by atoms with van der Waals surface area (Å²) in [5, 5.41) is 12.9. The summed E-state index contributed by atoms with van der Waals surface area (Å²) in [6.45, 7) is 0. The van der Waals surface area contributed by atoms with Gasteiger partial charge in [0.05, 0.1) is 19.0 Å². The highest BCUT2D eigenvalue weighted by Gasteiger charge is 2.01. The second-order valence-corrected chi connectivity index (χ2v) is 2.85. The molecule has 1 heterocycles. The Morgan fingerprint density at radius 3 is 2.43 bits per heavy atom. The second kappa shape index (κ2) is 3.41. The maximum Gasteiger partial charge on any atom is 0.118 e. The number of ether oxygens (including phenoxy) is 1. The summed E-state index contributed by atoms with van der Waals surface area (Å²) < 4.78 is 5.04. The van der Waals surface area contributed by atoms with Gasteiger partial charge in [-0.2, -0.15) is 0 Å². The average Bonchev–Trinajstić information content (AvgIpc) is 2.65. The van der Waals surface area contributed by atoms with Crippen molar-refractivity contribution in [3.63, 3.8) is 0 Å². The molecule has 14 heavy (non-hydrogen) atoms. The van der Waals surface area contributed by atoms with Gasteiger partial charge in [-0.25, -0.2) is 0 Å². The minimum absolute atomic E-state index is 0.732. The first-order chi connectivity index (χ1) is 6.79. The number of hydrogen-bond donors (Lipinski definition) is 1. The number of hydrogen-bond acceptors (Lipinski definition) is 3. The zero-order valence-electron chi connectivity index (χ0n) is 7.71. The second-order valence-electron chi connectivity index (χ2n) is 2.85. The van der Waals surface area contributed by atoms with Crippen molar-refractivity contribution in [3.8, 4) is 17.0 Å². The smallest absolute Gasteiger partial charge is 0.118 e. The van der Waals surface area contributed by atoms with Gasteiger partial charge in [0, 0.05) is 5.56 Å². The van der Waals surface area contributed by atoms with E-state index in [0.29, 0.717) is 0 Å². The summed E-state index contributed by atoms with van der Waals surface area (Å²) in [5.41, 5.74) is 1.67. The first-order valence-corrected chi connectivity index (χ1v) is 4.19. The van der Waals surface area contributed by atoms with Gasteiger partial charge < -0.3 is 9.94 Å². The molecule has 1 aromatic heterocycles. The van der Waals surface area contributed by atoms with Crippen LogP contribution in [0.15, 0.2) is 36.5 Å². The Bertz CT molecular complexity index is 420. The van der Waals surface area contributed by atoms with Crippen molar-refractivity contribution < 1.29 is 9.94 Å². The van der Waals surface area contributed by atoms with Crippen molar-refractivity contribution in [1.29, 1.82) is 0 Å². The lowest BCUT2D eigenvalue weighted by atomic mass is 10.1. The van der Waals surface area contributed by atoms with E-state index < -0.39 is 0 Å². The molecule has 0 saturated carbocycles. The third-order valence-electron chi connectivity index (χ3n) is 1.96. The Kier molecular flexibility index (Phi) is 2.10. The third-order valence-corrected chi connectivity index (χ3v) is 1.96. The molecule has 0 amide bonds. The molecule has 4 heteroatoms. The Balaban J connectivity index is 2.33. The molecule has 0 fully saturated rings. The van der Waals surface area contributed by atoms with Gasteiger partial charge in [0.2, 0.25) is 0 Å². The SMILES string of the molecule is COc1ccc(-c2ccn(O)n2)cc1. The molecule has 0 bridgehead atoms. The van der Waals surface area contributed by atoms with E-state index in [1.165, 1.54) is 6.20 Å². The highest BCUT2D eigenvalue weighted by Crippen LogP contribution is 2.19. The molecule has 1 N–H and O–H groups in total. The third kappa shape index (κ3) is 1.54. The van der Waals surface area contributed by atoms with Crippen LogP contribution >= 0.6 is 0 Å². The van der Waals surface area contributed by atoms with E-state index >= 15 is 0 Å². The van der Waals surface area contributed by atoms with Gasteiger partial charge in [-0.1, -0.05) is 0 Å². The molecule has 0 saturated heterocycles. The molecular formula is C10H10N2O2. The van der Waals surface area contributed by atoms with Crippen LogP contribution in [0.4, 0.5) is 0 Å². The standard InChI is InChI=1S/C10H10N2O2/c1-14-9-4-2-8(3-5-9)10-6-7-12(13)11-10/h2-7,13H,1H3. The van der Waals surface area contributed by atoms with Crippen molar-refractivity contribution in [1.82, 2.24) is 9.94 Å². The summed E-state index contributed by atoms with van der Waals surface area (Å²) in [6.07, 6.45) is 1.49. The molecule has 0 aliphatic rings. The van der Waals surface area contributed by atoms with Crippen LogP contribution < -0.4 is 4.74 Å². The normalized spacial score (nSPS) is 10.1. The largest absolute Gasteiger partial charge is 0.497 e. The highest BCUT2D eigenvalue weighted by molar-refractivity contribution is 5.59. The van der Waals surface area contributed by atoms with Gasteiger partial charge in [0.25, 0.3) is 0 Å². The van der Waals surface area contributed by atoms with E-state index in [9.17, 15) is 0 Å². The minimum atomic E-state index is 0.732. The Hall–Kier alpha value is -1.97. The van der Waals surface area contributed by atoms with Gasteiger partial charge in [0.1, 0.15) is 5.75 Å². The highest BCUT2D eigenvalue weighted by atomic mass is 16.5. The van der Waals surface area contributed by atoms with Gasteiger partial charge in [-0.15, -0.1) is 9.94 Å². The molecule has 0 unspecified atom stereocenters. The maximum atomic E-state index is 9.00.